The van der Waals surface area contributed by atoms with Crippen LogP contribution in [0.4, 0.5) is 0 Å². The number of rotatable bonds is 5. The SMILES string of the molecule is CCC(C(=O)NCc1ccccc1)n1sc2ccccc2c1=O. The van der Waals surface area contributed by atoms with E-state index in [4.69, 9.17) is 0 Å². The van der Waals surface area contributed by atoms with Crippen molar-refractivity contribution in [2.75, 3.05) is 0 Å². The zero-order valence-electron chi connectivity index (χ0n) is 12.9. The summed E-state index contributed by atoms with van der Waals surface area (Å²) in [5.74, 6) is -0.120. The summed E-state index contributed by atoms with van der Waals surface area (Å²) in [7, 11) is 0. The highest BCUT2D eigenvalue weighted by atomic mass is 32.1. The number of hydrogen-bond donors (Lipinski definition) is 1. The Hall–Kier alpha value is -2.40. The maximum Gasteiger partial charge on any atom is 0.269 e. The van der Waals surface area contributed by atoms with Gasteiger partial charge < -0.3 is 5.32 Å². The second kappa shape index (κ2) is 6.79. The standard InChI is InChI=1S/C18H18N2O2S/c1-2-15(17(21)19-12-13-8-4-3-5-9-13)20-18(22)14-10-6-7-11-16(14)23-20/h3-11,15H,2,12H2,1H3,(H,19,21). The predicted molar refractivity (Wildman–Crippen MR) is 93.7 cm³/mol. The first-order chi connectivity index (χ1) is 11.2. The molecule has 1 atom stereocenters. The molecule has 1 N–H and O–H groups in total. The third kappa shape index (κ3) is 3.19. The van der Waals surface area contributed by atoms with E-state index in [9.17, 15) is 9.59 Å². The maximum absolute atomic E-state index is 12.5. The molecule has 0 radical (unpaired) electrons. The van der Waals surface area contributed by atoms with Crippen LogP contribution in [0, 0.1) is 0 Å². The Morgan fingerprint density at radius 3 is 2.52 bits per heavy atom. The topological polar surface area (TPSA) is 51.1 Å². The van der Waals surface area contributed by atoms with Crippen LogP contribution in [0.1, 0.15) is 24.9 Å². The molecule has 3 rings (SSSR count). The van der Waals surface area contributed by atoms with Crippen LogP contribution in [0.2, 0.25) is 0 Å². The molecular formula is C18H18N2O2S. The van der Waals surface area contributed by atoms with Gasteiger partial charge in [-0.15, -0.1) is 0 Å². The summed E-state index contributed by atoms with van der Waals surface area (Å²) in [5, 5.41) is 3.60. The maximum atomic E-state index is 12.5. The van der Waals surface area contributed by atoms with Crippen LogP contribution in [-0.4, -0.2) is 9.86 Å². The van der Waals surface area contributed by atoms with Gasteiger partial charge in [0.05, 0.1) is 10.1 Å². The largest absolute Gasteiger partial charge is 0.350 e. The van der Waals surface area contributed by atoms with Gasteiger partial charge in [0.15, 0.2) is 0 Å². The van der Waals surface area contributed by atoms with Gasteiger partial charge in [-0.3, -0.25) is 13.5 Å². The number of amides is 1. The van der Waals surface area contributed by atoms with Gasteiger partial charge in [-0.1, -0.05) is 60.9 Å². The molecule has 0 aliphatic carbocycles. The molecule has 0 bridgehead atoms. The van der Waals surface area contributed by atoms with Gasteiger partial charge in [-0.2, -0.15) is 0 Å². The molecule has 0 saturated carbocycles. The summed E-state index contributed by atoms with van der Waals surface area (Å²) in [5.41, 5.74) is 0.951. The van der Waals surface area contributed by atoms with E-state index < -0.39 is 6.04 Å². The van der Waals surface area contributed by atoms with Crippen LogP contribution in [0.25, 0.3) is 10.1 Å². The fourth-order valence-electron chi connectivity index (χ4n) is 2.55. The second-order valence-electron chi connectivity index (χ2n) is 5.35. The van der Waals surface area contributed by atoms with Crippen LogP contribution >= 0.6 is 11.5 Å². The minimum atomic E-state index is -0.469. The number of carbonyl (C=O) groups excluding carboxylic acids is 1. The van der Waals surface area contributed by atoms with Crippen molar-refractivity contribution >= 4 is 27.5 Å². The first-order valence-corrected chi connectivity index (χ1v) is 8.40. The van der Waals surface area contributed by atoms with E-state index in [1.54, 1.807) is 10.0 Å². The Balaban J connectivity index is 1.82. The van der Waals surface area contributed by atoms with Crippen LogP contribution in [-0.2, 0) is 11.3 Å². The number of nitrogens with zero attached hydrogens (tertiary/aromatic N) is 1. The molecule has 0 saturated heterocycles. The Bertz CT molecular complexity index is 867. The zero-order valence-corrected chi connectivity index (χ0v) is 13.7. The van der Waals surface area contributed by atoms with Crippen LogP contribution < -0.4 is 10.9 Å². The normalized spacial score (nSPS) is 12.2. The molecule has 4 nitrogen and oxygen atoms in total. The van der Waals surface area contributed by atoms with Crippen molar-refractivity contribution in [3.8, 4) is 0 Å². The van der Waals surface area contributed by atoms with Crippen LogP contribution in [0.15, 0.2) is 59.4 Å². The molecule has 5 heteroatoms. The van der Waals surface area contributed by atoms with Gasteiger partial charge in [0.25, 0.3) is 5.56 Å². The number of nitrogens with one attached hydrogen (secondary N) is 1. The van der Waals surface area contributed by atoms with Gasteiger partial charge in [0.1, 0.15) is 6.04 Å². The van der Waals surface area contributed by atoms with E-state index in [0.29, 0.717) is 18.4 Å². The minimum absolute atomic E-state index is 0.0905. The fourth-order valence-corrected chi connectivity index (χ4v) is 3.71. The van der Waals surface area contributed by atoms with Crippen molar-refractivity contribution in [3.63, 3.8) is 0 Å². The molecule has 1 heterocycles. The highest BCUT2D eigenvalue weighted by Gasteiger charge is 2.22. The summed E-state index contributed by atoms with van der Waals surface area (Å²) in [6.07, 6.45) is 0.577. The van der Waals surface area contributed by atoms with Gasteiger partial charge >= 0.3 is 0 Å². The smallest absolute Gasteiger partial charge is 0.269 e. The van der Waals surface area contributed by atoms with Gasteiger partial charge in [-0.25, -0.2) is 0 Å². The van der Waals surface area contributed by atoms with E-state index in [-0.39, 0.29) is 11.5 Å². The van der Waals surface area contributed by atoms with Crippen molar-refractivity contribution in [1.82, 2.24) is 9.27 Å². The lowest BCUT2D eigenvalue weighted by Gasteiger charge is -2.15. The molecule has 3 aromatic rings. The minimum Gasteiger partial charge on any atom is -0.350 e. The molecular weight excluding hydrogens is 308 g/mol. The van der Waals surface area contributed by atoms with Crippen molar-refractivity contribution < 1.29 is 4.79 Å². The number of aromatic nitrogens is 1. The molecule has 1 amide bonds. The van der Waals surface area contributed by atoms with E-state index in [0.717, 1.165) is 10.3 Å². The molecule has 0 aliphatic heterocycles. The predicted octanol–water partition coefficient (Wildman–Crippen LogP) is 3.33. The summed E-state index contributed by atoms with van der Waals surface area (Å²) in [6.45, 7) is 2.39. The second-order valence-corrected chi connectivity index (χ2v) is 6.36. The van der Waals surface area contributed by atoms with Crippen LogP contribution in [0.5, 0.6) is 0 Å². The first-order valence-electron chi connectivity index (χ1n) is 7.63. The fraction of sp³-hybridized carbons (Fsp3) is 0.222. The van der Waals surface area contributed by atoms with Crippen molar-refractivity contribution in [2.45, 2.75) is 25.9 Å². The van der Waals surface area contributed by atoms with E-state index in [1.807, 2.05) is 55.5 Å². The Kier molecular flexibility index (Phi) is 4.57. The monoisotopic (exact) mass is 326 g/mol. The highest BCUT2D eigenvalue weighted by Crippen LogP contribution is 2.21. The first kappa shape index (κ1) is 15.5. The molecule has 1 aromatic heterocycles. The molecule has 0 aliphatic rings. The van der Waals surface area contributed by atoms with E-state index in [1.165, 1.54) is 11.5 Å². The third-order valence-electron chi connectivity index (χ3n) is 3.80. The Morgan fingerprint density at radius 2 is 1.83 bits per heavy atom. The summed E-state index contributed by atoms with van der Waals surface area (Å²) in [6, 6.07) is 16.7. The summed E-state index contributed by atoms with van der Waals surface area (Å²) >= 11 is 1.35. The molecule has 1 unspecified atom stereocenters. The number of benzene rings is 2. The van der Waals surface area contributed by atoms with Gasteiger partial charge in [-0.05, 0) is 24.1 Å². The third-order valence-corrected chi connectivity index (χ3v) is 4.97. The molecule has 23 heavy (non-hydrogen) atoms. The number of hydrogen-bond acceptors (Lipinski definition) is 3. The Labute approximate surface area is 138 Å². The van der Waals surface area contributed by atoms with Crippen molar-refractivity contribution in [1.29, 1.82) is 0 Å². The lowest BCUT2D eigenvalue weighted by Crippen LogP contribution is -2.34. The molecule has 0 spiro atoms. The summed E-state index contributed by atoms with van der Waals surface area (Å²) in [4.78, 5) is 25.0. The van der Waals surface area contributed by atoms with E-state index >= 15 is 0 Å². The van der Waals surface area contributed by atoms with Crippen molar-refractivity contribution in [2.24, 2.45) is 0 Å². The Morgan fingerprint density at radius 1 is 1.13 bits per heavy atom. The van der Waals surface area contributed by atoms with Gasteiger partial charge in [0, 0.05) is 6.54 Å². The number of fused-ring (bicyclic) bond motifs is 1. The lowest BCUT2D eigenvalue weighted by molar-refractivity contribution is -0.124. The molecule has 118 valence electrons. The average Bonchev–Trinajstić information content (AvgIpc) is 2.92. The van der Waals surface area contributed by atoms with E-state index in [2.05, 4.69) is 5.32 Å². The molecule has 2 aromatic carbocycles. The quantitative estimate of drug-likeness (QED) is 0.782. The lowest BCUT2D eigenvalue weighted by atomic mass is 10.2. The van der Waals surface area contributed by atoms with Crippen molar-refractivity contribution in [3.05, 3.63) is 70.5 Å². The van der Waals surface area contributed by atoms with Gasteiger partial charge in [0.2, 0.25) is 5.91 Å². The summed E-state index contributed by atoms with van der Waals surface area (Å²) < 4.78 is 2.50. The van der Waals surface area contributed by atoms with Crippen LogP contribution in [0.3, 0.4) is 0 Å². The zero-order chi connectivity index (χ0) is 16.2. The average molecular weight is 326 g/mol. The molecule has 0 fully saturated rings. The number of carbonyl (C=O) groups is 1. The highest BCUT2D eigenvalue weighted by molar-refractivity contribution is 7.14.